The maximum atomic E-state index is 10.5. The molecule has 2 heterocycles. The predicted molar refractivity (Wildman–Crippen MR) is 60.0 cm³/mol. The molecule has 3 nitrogen and oxygen atoms in total. The first-order valence-electron chi connectivity index (χ1n) is 5.29. The first-order chi connectivity index (χ1) is 7.39. The van der Waals surface area contributed by atoms with Crippen molar-refractivity contribution < 1.29 is 9.53 Å². The average molecular weight is 207 g/mol. The molecule has 82 valence electrons. The highest BCUT2D eigenvalue weighted by atomic mass is 16.5. The van der Waals surface area contributed by atoms with Crippen LogP contribution in [0.25, 0.3) is 0 Å². The summed E-state index contributed by atoms with van der Waals surface area (Å²) in [4.78, 5) is 10.5. The molecule has 15 heavy (non-hydrogen) atoms. The molecule has 0 aromatic rings. The van der Waals surface area contributed by atoms with Gasteiger partial charge in [-0.3, -0.25) is 4.79 Å². The molecule has 0 aromatic heterocycles. The average Bonchev–Trinajstić information content (AvgIpc) is 2.64. The number of allylic oxidation sites excluding steroid dienone is 4. The van der Waals surface area contributed by atoms with E-state index in [0.29, 0.717) is 13.0 Å². The molecule has 2 aliphatic rings. The Balaban J connectivity index is 0.000000151. The van der Waals surface area contributed by atoms with Crippen LogP contribution in [0.3, 0.4) is 0 Å². The van der Waals surface area contributed by atoms with Gasteiger partial charge in [-0.25, -0.2) is 0 Å². The summed E-state index contributed by atoms with van der Waals surface area (Å²) in [5.74, 6) is -0.0255. The Labute approximate surface area is 90.5 Å². The number of cyclic esters (lactones) is 1. The quantitative estimate of drug-likeness (QED) is 0.619. The Morgan fingerprint density at radius 3 is 2.47 bits per heavy atom. The van der Waals surface area contributed by atoms with Crippen LogP contribution < -0.4 is 5.32 Å². The number of hydrogen-bond donors (Lipinski definition) is 1. The summed E-state index contributed by atoms with van der Waals surface area (Å²) in [6, 6.07) is 0. The lowest BCUT2D eigenvalue weighted by molar-refractivity contribution is -0.142. The third-order valence-corrected chi connectivity index (χ3v) is 2.01. The molecule has 1 N–H and O–H groups in total. The van der Waals surface area contributed by atoms with Crippen molar-refractivity contribution in [2.45, 2.75) is 25.7 Å². The van der Waals surface area contributed by atoms with Gasteiger partial charge in [0.25, 0.3) is 0 Å². The zero-order valence-electron chi connectivity index (χ0n) is 8.82. The van der Waals surface area contributed by atoms with Crippen molar-refractivity contribution in [1.29, 1.82) is 0 Å². The van der Waals surface area contributed by atoms with E-state index < -0.39 is 0 Å². The second-order valence-corrected chi connectivity index (χ2v) is 3.30. The van der Waals surface area contributed by atoms with Gasteiger partial charge in [-0.1, -0.05) is 12.2 Å². The minimum atomic E-state index is -0.0255. The fraction of sp³-hybridized carbons (Fsp3) is 0.417. The summed E-state index contributed by atoms with van der Waals surface area (Å²) >= 11 is 0. The van der Waals surface area contributed by atoms with Crippen LogP contribution in [0.1, 0.15) is 25.7 Å². The van der Waals surface area contributed by atoms with Gasteiger partial charge in [0.2, 0.25) is 0 Å². The smallest absolute Gasteiger partial charge is 0.305 e. The molecule has 3 heteroatoms. The lowest BCUT2D eigenvalue weighted by atomic mass is 10.2. The summed E-state index contributed by atoms with van der Waals surface area (Å²) in [5, 5.41) is 2.92. The molecule has 0 bridgehead atoms. The molecule has 1 saturated heterocycles. The van der Waals surface area contributed by atoms with E-state index in [2.05, 4.69) is 5.32 Å². The van der Waals surface area contributed by atoms with E-state index in [1.165, 1.54) is 0 Å². The number of esters is 1. The summed E-state index contributed by atoms with van der Waals surface area (Å²) in [6.07, 6.45) is 15.4. The van der Waals surface area contributed by atoms with Crippen LogP contribution in [0, 0.1) is 0 Å². The molecular weight excluding hydrogens is 190 g/mol. The number of carbonyl (C=O) groups is 1. The van der Waals surface area contributed by atoms with Gasteiger partial charge in [0.15, 0.2) is 0 Å². The van der Waals surface area contributed by atoms with E-state index >= 15 is 0 Å². The first kappa shape index (κ1) is 11.6. The van der Waals surface area contributed by atoms with E-state index in [9.17, 15) is 4.79 Å². The molecule has 0 aromatic carbocycles. The van der Waals surface area contributed by atoms with Gasteiger partial charge in [0.05, 0.1) is 6.61 Å². The standard InChI is InChI=1S/C6H7N.C6H10O2/c1-2-4-6-7-5-3-1;7-6-4-2-1-3-5-8-6/h1-7H;1-5H2. The summed E-state index contributed by atoms with van der Waals surface area (Å²) < 4.78 is 4.76. The van der Waals surface area contributed by atoms with Crippen LogP contribution in [-0.4, -0.2) is 12.6 Å². The summed E-state index contributed by atoms with van der Waals surface area (Å²) in [6.45, 7) is 0.638. The molecule has 0 spiro atoms. The van der Waals surface area contributed by atoms with Crippen LogP contribution in [-0.2, 0) is 9.53 Å². The zero-order valence-corrected chi connectivity index (χ0v) is 8.82. The third-order valence-electron chi connectivity index (χ3n) is 2.01. The van der Waals surface area contributed by atoms with Crippen molar-refractivity contribution in [3.8, 4) is 0 Å². The molecule has 1 fully saturated rings. The van der Waals surface area contributed by atoms with Crippen LogP contribution in [0.5, 0.6) is 0 Å². The Morgan fingerprint density at radius 1 is 1.00 bits per heavy atom. The molecule has 0 aliphatic carbocycles. The molecular formula is C12H17NO2. The van der Waals surface area contributed by atoms with Gasteiger partial charge in [0, 0.05) is 18.8 Å². The highest BCUT2D eigenvalue weighted by Gasteiger charge is 2.05. The van der Waals surface area contributed by atoms with Crippen molar-refractivity contribution in [2.75, 3.05) is 6.61 Å². The summed E-state index contributed by atoms with van der Waals surface area (Å²) in [7, 11) is 0. The molecule has 0 unspecified atom stereocenters. The topological polar surface area (TPSA) is 38.3 Å². The second kappa shape index (κ2) is 7.85. The van der Waals surface area contributed by atoms with E-state index in [-0.39, 0.29) is 5.97 Å². The van der Waals surface area contributed by atoms with Gasteiger partial charge < -0.3 is 10.1 Å². The first-order valence-corrected chi connectivity index (χ1v) is 5.29. The maximum absolute atomic E-state index is 10.5. The van der Waals surface area contributed by atoms with Gasteiger partial charge in [0.1, 0.15) is 0 Å². The number of nitrogens with one attached hydrogen (secondary N) is 1. The zero-order chi connectivity index (χ0) is 10.8. The highest BCUT2D eigenvalue weighted by Crippen LogP contribution is 2.06. The molecule has 2 aliphatic heterocycles. The molecule has 0 atom stereocenters. The van der Waals surface area contributed by atoms with Gasteiger partial charge in [-0.2, -0.15) is 0 Å². The molecule has 0 radical (unpaired) electrons. The Hall–Kier alpha value is -1.51. The van der Waals surface area contributed by atoms with Crippen LogP contribution in [0.2, 0.25) is 0 Å². The number of rotatable bonds is 0. The van der Waals surface area contributed by atoms with Crippen molar-refractivity contribution in [3.05, 3.63) is 36.7 Å². The lowest BCUT2D eigenvalue weighted by Crippen LogP contribution is -2.00. The minimum absolute atomic E-state index is 0.0255. The number of carbonyl (C=O) groups excluding carboxylic acids is 1. The van der Waals surface area contributed by atoms with E-state index in [0.717, 1.165) is 19.3 Å². The normalized spacial score (nSPS) is 19.1. The van der Waals surface area contributed by atoms with Crippen LogP contribution in [0.15, 0.2) is 36.7 Å². The van der Waals surface area contributed by atoms with Crippen LogP contribution >= 0.6 is 0 Å². The maximum Gasteiger partial charge on any atom is 0.305 e. The third kappa shape index (κ3) is 6.55. The van der Waals surface area contributed by atoms with Gasteiger partial charge >= 0.3 is 5.97 Å². The van der Waals surface area contributed by atoms with Crippen molar-refractivity contribution in [2.24, 2.45) is 0 Å². The van der Waals surface area contributed by atoms with E-state index in [4.69, 9.17) is 4.74 Å². The molecule has 0 saturated carbocycles. The fourth-order valence-corrected chi connectivity index (χ4v) is 1.21. The van der Waals surface area contributed by atoms with Crippen molar-refractivity contribution in [3.63, 3.8) is 0 Å². The van der Waals surface area contributed by atoms with E-state index in [1.807, 2.05) is 36.7 Å². The van der Waals surface area contributed by atoms with Gasteiger partial charge in [-0.15, -0.1) is 0 Å². The SMILES string of the molecule is C1=CC=CNC=C1.O=C1CCCCCO1. The monoisotopic (exact) mass is 207 g/mol. The Morgan fingerprint density at radius 2 is 1.73 bits per heavy atom. The van der Waals surface area contributed by atoms with Crippen molar-refractivity contribution in [1.82, 2.24) is 5.32 Å². The van der Waals surface area contributed by atoms with Gasteiger partial charge in [-0.05, 0) is 31.4 Å². The Bertz CT molecular complexity index is 243. The van der Waals surface area contributed by atoms with E-state index in [1.54, 1.807) is 0 Å². The minimum Gasteiger partial charge on any atom is -0.466 e. The van der Waals surface area contributed by atoms with Crippen molar-refractivity contribution >= 4 is 5.97 Å². The second-order valence-electron chi connectivity index (χ2n) is 3.30. The highest BCUT2D eigenvalue weighted by molar-refractivity contribution is 5.69. The molecule has 2 rings (SSSR count). The Kier molecular flexibility index (Phi) is 6.05. The van der Waals surface area contributed by atoms with Crippen LogP contribution in [0.4, 0.5) is 0 Å². The largest absolute Gasteiger partial charge is 0.466 e. The summed E-state index contributed by atoms with van der Waals surface area (Å²) in [5.41, 5.74) is 0. The fourth-order valence-electron chi connectivity index (χ4n) is 1.21. The predicted octanol–water partition coefficient (Wildman–Crippen LogP) is 2.28. The number of hydrogen-bond acceptors (Lipinski definition) is 3. The number of ether oxygens (including phenoxy) is 1. The molecule has 0 amide bonds. The lowest BCUT2D eigenvalue weighted by Gasteiger charge is -1.93.